The van der Waals surface area contributed by atoms with E-state index in [1.165, 1.54) is 15.9 Å². The lowest BCUT2D eigenvalue weighted by Gasteiger charge is -2.36. The molecule has 2 aromatic carbocycles. The fourth-order valence-electron chi connectivity index (χ4n) is 6.61. The van der Waals surface area contributed by atoms with Gasteiger partial charge in [-0.15, -0.1) is 0 Å². The Labute approximate surface area is 297 Å². The number of benzene rings is 2. The Bertz CT molecular complexity index is 1620. The maximum atomic E-state index is 13.7. The highest BCUT2D eigenvalue weighted by atomic mass is 16.6. The van der Waals surface area contributed by atoms with Crippen LogP contribution in [0.5, 0.6) is 5.75 Å². The highest BCUT2D eigenvalue weighted by Crippen LogP contribution is 2.30. The number of ether oxygens (including phenoxy) is 2. The molecule has 1 saturated carbocycles. The summed E-state index contributed by atoms with van der Waals surface area (Å²) in [5.41, 5.74) is 1.10. The molecule has 2 aliphatic heterocycles. The second-order valence-electron chi connectivity index (χ2n) is 13.6. The molecule has 5 rings (SSSR count). The second-order valence-corrected chi connectivity index (χ2v) is 13.6. The first kappa shape index (κ1) is 37.4. The molecule has 0 bridgehead atoms. The van der Waals surface area contributed by atoms with Crippen LogP contribution >= 0.6 is 0 Å². The lowest BCUT2D eigenvalue weighted by Crippen LogP contribution is -2.56. The number of carbonyl (C=O) groups excluding carboxylic acids is 5. The van der Waals surface area contributed by atoms with Gasteiger partial charge in [0.2, 0.25) is 11.8 Å². The van der Waals surface area contributed by atoms with Crippen molar-refractivity contribution in [2.45, 2.75) is 89.8 Å². The SMILES string of the molecule is CCCCOC(=O)N1CCN(C(=O)[C@H](CCC(=O)O)NC(=O)c2cc(OCC(=O)N3CCC[C@H]3C(=O)NC3CCC3)c3ccc(C)cc3c2)CC1. The van der Waals surface area contributed by atoms with Gasteiger partial charge in [-0.05, 0) is 69.4 Å². The zero-order chi connectivity index (χ0) is 36.5. The molecular weight excluding hydrogens is 658 g/mol. The second kappa shape index (κ2) is 17.4. The van der Waals surface area contributed by atoms with Gasteiger partial charge in [0, 0.05) is 56.1 Å². The van der Waals surface area contributed by atoms with Gasteiger partial charge in [0.1, 0.15) is 17.8 Å². The standard InChI is InChI=1S/C37H49N5O9/c1-3-4-19-50-37(49)41-17-15-40(16-18-41)36(48)29(12-13-33(44)45)39-34(46)26-21-25-20-24(2)10-11-28(25)31(22-26)51-23-32(43)42-14-6-9-30(42)35(47)38-27-7-5-8-27/h10-11,20-22,27,29-30H,3-9,12-19,23H2,1-2H3,(H,38,47)(H,39,46)(H,44,45)/t29-,30-/m0/s1. The van der Waals surface area contributed by atoms with E-state index in [2.05, 4.69) is 10.6 Å². The lowest BCUT2D eigenvalue weighted by molar-refractivity contribution is -0.140. The monoisotopic (exact) mass is 707 g/mol. The van der Waals surface area contributed by atoms with Crippen LogP contribution in [0.2, 0.25) is 0 Å². The zero-order valence-corrected chi connectivity index (χ0v) is 29.5. The normalized spacial score (nSPS) is 18.2. The predicted molar refractivity (Wildman–Crippen MR) is 187 cm³/mol. The number of hydrogen-bond donors (Lipinski definition) is 3. The van der Waals surface area contributed by atoms with E-state index in [-0.39, 0.29) is 74.8 Å². The number of unbranched alkanes of at least 4 members (excludes halogenated alkanes) is 1. The molecule has 1 aliphatic carbocycles. The van der Waals surface area contributed by atoms with E-state index >= 15 is 0 Å². The van der Waals surface area contributed by atoms with Crippen molar-refractivity contribution in [1.29, 1.82) is 0 Å². The molecule has 0 unspecified atom stereocenters. The molecule has 2 atom stereocenters. The molecule has 2 heterocycles. The van der Waals surface area contributed by atoms with E-state index in [0.717, 1.165) is 44.1 Å². The average Bonchev–Trinajstić information content (AvgIpc) is 3.60. The number of nitrogens with zero attached hydrogens (tertiary/aromatic N) is 3. The van der Waals surface area contributed by atoms with Gasteiger partial charge in [-0.2, -0.15) is 0 Å². The van der Waals surface area contributed by atoms with E-state index < -0.39 is 36.0 Å². The topological polar surface area (TPSA) is 175 Å². The Morgan fingerprint density at radius 1 is 0.941 bits per heavy atom. The van der Waals surface area contributed by atoms with Gasteiger partial charge < -0.3 is 39.9 Å². The maximum absolute atomic E-state index is 13.7. The van der Waals surface area contributed by atoms with Crippen molar-refractivity contribution in [1.82, 2.24) is 25.3 Å². The van der Waals surface area contributed by atoms with Crippen LogP contribution in [0.4, 0.5) is 4.79 Å². The fraction of sp³-hybridized carbons (Fsp3) is 0.568. The van der Waals surface area contributed by atoms with Crippen molar-refractivity contribution < 1.29 is 43.3 Å². The molecule has 3 N–H and O–H groups in total. The number of amides is 5. The van der Waals surface area contributed by atoms with Gasteiger partial charge in [-0.3, -0.25) is 24.0 Å². The average molecular weight is 708 g/mol. The summed E-state index contributed by atoms with van der Waals surface area (Å²) in [6, 6.07) is 7.28. The smallest absolute Gasteiger partial charge is 0.409 e. The molecule has 2 aromatic rings. The van der Waals surface area contributed by atoms with E-state index in [1.807, 2.05) is 32.0 Å². The third-order valence-corrected chi connectivity index (χ3v) is 9.83. The predicted octanol–water partition coefficient (Wildman–Crippen LogP) is 3.23. The van der Waals surface area contributed by atoms with Crippen LogP contribution in [0.3, 0.4) is 0 Å². The summed E-state index contributed by atoms with van der Waals surface area (Å²) in [7, 11) is 0. The molecule has 3 fully saturated rings. The van der Waals surface area contributed by atoms with Crippen molar-refractivity contribution >= 4 is 46.5 Å². The molecule has 14 nitrogen and oxygen atoms in total. The van der Waals surface area contributed by atoms with Crippen LogP contribution in [0, 0.1) is 6.92 Å². The van der Waals surface area contributed by atoms with Crippen LogP contribution < -0.4 is 15.4 Å². The molecule has 51 heavy (non-hydrogen) atoms. The minimum Gasteiger partial charge on any atom is -0.483 e. The first-order valence-electron chi connectivity index (χ1n) is 18.0. The number of carboxylic acids is 1. The number of fused-ring (bicyclic) bond motifs is 1. The lowest BCUT2D eigenvalue weighted by atomic mass is 9.93. The largest absolute Gasteiger partial charge is 0.483 e. The van der Waals surface area contributed by atoms with E-state index in [4.69, 9.17) is 9.47 Å². The number of carboxylic acid groups (broad SMARTS) is 1. The van der Waals surface area contributed by atoms with E-state index in [9.17, 15) is 33.9 Å². The number of aliphatic carboxylic acids is 1. The van der Waals surface area contributed by atoms with Crippen molar-refractivity contribution in [3.8, 4) is 5.75 Å². The molecule has 0 radical (unpaired) electrons. The van der Waals surface area contributed by atoms with E-state index in [1.54, 1.807) is 11.0 Å². The molecule has 5 amide bonds. The molecule has 276 valence electrons. The first-order valence-corrected chi connectivity index (χ1v) is 18.0. The maximum Gasteiger partial charge on any atom is 0.409 e. The number of piperazine rings is 1. The number of carbonyl (C=O) groups is 6. The van der Waals surface area contributed by atoms with Gasteiger partial charge in [-0.25, -0.2) is 4.79 Å². The van der Waals surface area contributed by atoms with Gasteiger partial charge in [0.15, 0.2) is 6.61 Å². The Morgan fingerprint density at radius 2 is 1.69 bits per heavy atom. The number of rotatable bonds is 14. The van der Waals surface area contributed by atoms with Crippen LogP contribution in [-0.2, 0) is 23.9 Å². The van der Waals surface area contributed by atoms with Crippen LogP contribution in [-0.4, -0.2) is 120 Å². The van der Waals surface area contributed by atoms with Crippen LogP contribution in [0.15, 0.2) is 30.3 Å². The first-order chi connectivity index (χ1) is 24.5. The summed E-state index contributed by atoms with van der Waals surface area (Å²) in [4.78, 5) is 82.1. The number of hydrogen-bond acceptors (Lipinski definition) is 8. The number of nitrogens with one attached hydrogen (secondary N) is 2. The summed E-state index contributed by atoms with van der Waals surface area (Å²) in [5, 5.41) is 16.5. The summed E-state index contributed by atoms with van der Waals surface area (Å²) in [6.07, 6.45) is 5.05. The zero-order valence-electron chi connectivity index (χ0n) is 29.5. The Balaban J connectivity index is 1.27. The minimum atomic E-state index is -1.13. The third kappa shape index (κ3) is 9.67. The van der Waals surface area contributed by atoms with Gasteiger partial charge in [0.05, 0.1) is 6.61 Å². The summed E-state index contributed by atoms with van der Waals surface area (Å²) in [5.74, 6) is -2.33. The quantitative estimate of drug-likeness (QED) is 0.249. The third-order valence-electron chi connectivity index (χ3n) is 9.83. The summed E-state index contributed by atoms with van der Waals surface area (Å²) >= 11 is 0. The Morgan fingerprint density at radius 3 is 2.37 bits per heavy atom. The Hall–Kier alpha value is -4.88. The molecule has 2 saturated heterocycles. The molecule has 0 spiro atoms. The molecular formula is C37H49N5O9. The molecule has 0 aromatic heterocycles. The van der Waals surface area contributed by atoms with E-state index in [0.29, 0.717) is 30.3 Å². The van der Waals surface area contributed by atoms with Gasteiger partial charge in [0.25, 0.3) is 11.8 Å². The van der Waals surface area contributed by atoms with Crippen molar-refractivity contribution in [2.75, 3.05) is 45.9 Å². The van der Waals surface area contributed by atoms with Crippen molar-refractivity contribution in [3.05, 3.63) is 41.5 Å². The fourth-order valence-corrected chi connectivity index (χ4v) is 6.61. The summed E-state index contributed by atoms with van der Waals surface area (Å²) < 4.78 is 11.3. The highest BCUT2D eigenvalue weighted by molar-refractivity contribution is 6.03. The molecule has 14 heteroatoms. The summed E-state index contributed by atoms with van der Waals surface area (Å²) in [6.45, 7) is 5.28. The highest BCUT2D eigenvalue weighted by Gasteiger charge is 2.36. The Kier molecular flexibility index (Phi) is 12.7. The number of aryl methyl sites for hydroxylation is 1. The van der Waals surface area contributed by atoms with Gasteiger partial charge in [-0.1, -0.05) is 37.1 Å². The van der Waals surface area contributed by atoms with Crippen LogP contribution in [0.25, 0.3) is 10.8 Å². The van der Waals surface area contributed by atoms with Crippen molar-refractivity contribution in [3.63, 3.8) is 0 Å². The number of likely N-dealkylation sites (tertiary alicyclic amines) is 1. The van der Waals surface area contributed by atoms with Crippen molar-refractivity contribution in [2.24, 2.45) is 0 Å². The van der Waals surface area contributed by atoms with Gasteiger partial charge >= 0.3 is 12.1 Å². The minimum absolute atomic E-state index is 0.130. The molecule has 3 aliphatic rings. The van der Waals surface area contributed by atoms with Crippen LogP contribution in [0.1, 0.15) is 80.6 Å².